The lowest BCUT2D eigenvalue weighted by molar-refractivity contribution is 0.0167. The fraction of sp³-hybridized carbons (Fsp3) is 0.600. The molecule has 2 aliphatic rings. The van der Waals surface area contributed by atoms with E-state index in [1.807, 2.05) is 18.2 Å². The molecule has 4 heteroatoms. The first-order chi connectivity index (χ1) is 9.25. The third-order valence-electron chi connectivity index (χ3n) is 3.95. The van der Waals surface area contributed by atoms with E-state index in [4.69, 9.17) is 9.47 Å². The van der Waals surface area contributed by atoms with Gasteiger partial charge in [-0.1, -0.05) is 19.3 Å². The minimum Gasteiger partial charge on any atom is -0.486 e. The summed E-state index contributed by atoms with van der Waals surface area (Å²) in [7, 11) is 0. The fourth-order valence-electron chi connectivity index (χ4n) is 2.81. The van der Waals surface area contributed by atoms with Crippen LogP contribution in [-0.4, -0.2) is 30.5 Å². The predicted octanol–water partition coefficient (Wildman–Crippen LogP) is 2.56. The van der Waals surface area contributed by atoms with Gasteiger partial charge in [0.25, 0.3) is 0 Å². The summed E-state index contributed by atoms with van der Waals surface area (Å²) in [6, 6.07) is 5.84. The first kappa shape index (κ1) is 12.6. The van der Waals surface area contributed by atoms with E-state index in [1.165, 1.54) is 6.42 Å². The highest BCUT2D eigenvalue weighted by molar-refractivity contribution is 5.55. The van der Waals surface area contributed by atoms with E-state index in [1.54, 1.807) is 0 Å². The monoisotopic (exact) mass is 263 g/mol. The molecule has 104 valence electrons. The quantitative estimate of drug-likeness (QED) is 0.880. The van der Waals surface area contributed by atoms with E-state index in [0.29, 0.717) is 19.8 Å². The highest BCUT2D eigenvalue weighted by Gasteiger charge is 2.28. The molecular weight excluding hydrogens is 242 g/mol. The molecule has 1 fully saturated rings. The molecule has 0 bridgehead atoms. The maximum absolute atomic E-state index is 10.5. The molecule has 1 saturated carbocycles. The average molecular weight is 263 g/mol. The van der Waals surface area contributed by atoms with Gasteiger partial charge in [-0.2, -0.15) is 0 Å². The van der Waals surface area contributed by atoms with E-state index < -0.39 is 5.60 Å². The Morgan fingerprint density at radius 2 is 1.79 bits per heavy atom. The molecule has 0 aromatic heterocycles. The number of aliphatic hydroxyl groups is 1. The molecule has 1 aliphatic carbocycles. The fourth-order valence-corrected chi connectivity index (χ4v) is 2.81. The maximum Gasteiger partial charge on any atom is 0.163 e. The Morgan fingerprint density at radius 3 is 2.58 bits per heavy atom. The van der Waals surface area contributed by atoms with Crippen molar-refractivity contribution < 1.29 is 14.6 Å². The van der Waals surface area contributed by atoms with Crippen LogP contribution in [0.3, 0.4) is 0 Å². The highest BCUT2D eigenvalue weighted by Crippen LogP contribution is 2.33. The third kappa shape index (κ3) is 2.95. The summed E-state index contributed by atoms with van der Waals surface area (Å²) in [5.74, 6) is 1.58. The van der Waals surface area contributed by atoms with Crippen LogP contribution < -0.4 is 14.8 Å². The van der Waals surface area contributed by atoms with Crippen molar-refractivity contribution in [2.75, 3.05) is 25.1 Å². The molecule has 0 saturated heterocycles. The second kappa shape index (κ2) is 5.29. The van der Waals surface area contributed by atoms with Crippen LogP contribution in [0.5, 0.6) is 11.5 Å². The lowest BCUT2D eigenvalue weighted by Gasteiger charge is -2.32. The second-order valence-corrected chi connectivity index (χ2v) is 5.50. The smallest absolute Gasteiger partial charge is 0.163 e. The summed E-state index contributed by atoms with van der Waals surface area (Å²) in [5, 5.41) is 13.8. The zero-order chi connectivity index (χ0) is 13.1. The third-order valence-corrected chi connectivity index (χ3v) is 3.95. The van der Waals surface area contributed by atoms with Crippen molar-refractivity contribution in [3.05, 3.63) is 18.2 Å². The Labute approximate surface area is 113 Å². The molecule has 1 heterocycles. The zero-order valence-electron chi connectivity index (χ0n) is 11.2. The van der Waals surface area contributed by atoms with Gasteiger partial charge in [-0.25, -0.2) is 0 Å². The molecule has 0 radical (unpaired) electrons. The Kier molecular flexibility index (Phi) is 3.51. The topological polar surface area (TPSA) is 50.7 Å². The molecule has 2 N–H and O–H groups in total. The second-order valence-electron chi connectivity index (χ2n) is 5.50. The van der Waals surface area contributed by atoms with Gasteiger partial charge in [-0.3, -0.25) is 0 Å². The van der Waals surface area contributed by atoms with Crippen molar-refractivity contribution in [1.82, 2.24) is 0 Å². The number of benzene rings is 1. The van der Waals surface area contributed by atoms with Gasteiger partial charge >= 0.3 is 0 Å². The standard InChI is InChI=1S/C15H21NO3/c17-15(6-2-1-3-7-15)11-16-12-4-5-13-14(10-12)19-9-8-18-13/h4-5,10,16-17H,1-3,6-9,11H2. The van der Waals surface area contributed by atoms with Gasteiger partial charge in [-0.15, -0.1) is 0 Å². The van der Waals surface area contributed by atoms with Gasteiger partial charge in [0.15, 0.2) is 11.5 Å². The van der Waals surface area contributed by atoms with E-state index >= 15 is 0 Å². The highest BCUT2D eigenvalue weighted by atomic mass is 16.6. The summed E-state index contributed by atoms with van der Waals surface area (Å²) < 4.78 is 11.0. The number of hydrogen-bond donors (Lipinski definition) is 2. The molecule has 3 rings (SSSR count). The number of fused-ring (bicyclic) bond motifs is 1. The van der Waals surface area contributed by atoms with Crippen LogP contribution in [0, 0.1) is 0 Å². The van der Waals surface area contributed by atoms with E-state index in [0.717, 1.165) is 42.9 Å². The molecule has 0 atom stereocenters. The number of ether oxygens (including phenoxy) is 2. The SMILES string of the molecule is OC1(CNc2ccc3c(c2)OCCO3)CCCCC1. The molecule has 1 aromatic carbocycles. The van der Waals surface area contributed by atoms with Crippen molar-refractivity contribution in [1.29, 1.82) is 0 Å². The normalized spacial score (nSPS) is 20.9. The number of anilines is 1. The molecule has 0 amide bonds. The van der Waals surface area contributed by atoms with Crippen molar-refractivity contribution in [3.63, 3.8) is 0 Å². The molecule has 4 nitrogen and oxygen atoms in total. The van der Waals surface area contributed by atoms with Crippen LogP contribution in [0.2, 0.25) is 0 Å². The molecular formula is C15H21NO3. The van der Waals surface area contributed by atoms with Crippen molar-refractivity contribution in [3.8, 4) is 11.5 Å². The van der Waals surface area contributed by atoms with Crippen molar-refractivity contribution in [2.24, 2.45) is 0 Å². The summed E-state index contributed by atoms with van der Waals surface area (Å²) in [5.41, 5.74) is 0.425. The molecule has 1 aliphatic heterocycles. The Bertz CT molecular complexity index is 441. The van der Waals surface area contributed by atoms with Gasteiger partial charge in [0.2, 0.25) is 0 Å². The average Bonchev–Trinajstić information content (AvgIpc) is 2.46. The summed E-state index contributed by atoms with van der Waals surface area (Å²) in [6.45, 7) is 1.81. The minimum absolute atomic E-state index is 0.550. The van der Waals surface area contributed by atoms with Gasteiger partial charge in [0.1, 0.15) is 13.2 Å². The number of nitrogens with one attached hydrogen (secondary N) is 1. The first-order valence-corrected chi connectivity index (χ1v) is 7.11. The van der Waals surface area contributed by atoms with Crippen LogP contribution in [0.15, 0.2) is 18.2 Å². The van der Waals surface area contributed by atoms with Gasteiger partial charge in [0.05, 0.1) is 5.60 Å². The van der Waals surface area contributed by atoms with Crippen LogP contribution >= 0.6 is 0 Å². The zero-order valence-corrected chi connectivity index (χ0v) is 11.2. The van der Waals surface area contributed by atoms with E-state index in [9.17, 15) is 5.11 Å². The lowest BCUT2D eigenvalue weighted by atomic mass is 9.85. The van der Waals surface area contributed by atoms with Gasteiger partial charge in [-0.05, 0) is 25.0 Å². The van der Waals surface area contributed by atoms with Crippen LogP contribution in [-0.2, 0) is 0 Å². The Morgan fingerprint density at radius 1 is 1.05 bits per heavy atom. The van der Waals surface area contributed by atoms with Crippen LogP contribution in [0.1, 0.15) is 32.1 Å². The van der Waals surface area contributed by atoms with Crippen LogP contribution in [0.4, 0.5) is 5.69 Å². The van der Waals surface area contributed by atoms with Crippen molar-refractivity contribution in [2.45, 2.75) is 37.7 Å². The Hall–Kier alpha value is -1.42. The van der Waals surface area contributed by atoms with E-state index in [-0.39, 0.29) is 0 Å². The molecule has 1 aromatic rings. The summed E-state index contributed by atoms with van der Waals surface area (Å²) >= 11 is 0. The largest absolute Gasteiger partial charge is 0.486 e. The Balaban J connectivity index is 1.63. The van der Waals surface area contributed by atoms with E-state index in [2.05, 4.69) is 5.32 Å². The summed E-state index contributed by atoms with van der Waals surface area (Å²) in [4.78, 5) is 0. The van der Waals surface area contributed by atoms with Gasteiger partial charge < -0.3 is 19.9 Å². The number of hydrogen-bond acceptors (Lipinski definition) is 4. The predicted molar refractivity (Wildman–Crippen MR) is 74.0 cm³/mol. The minimum atomic E-state index is -0.550. The van der Waals surface area contributed by atoms with Crippen LogP contribution in [0.25, 0.3) is 0 Å². The lowest BCUT2D eigenvalue weighted by Crippen LogP contribution is -2.38. The first-order valence-electron chi connectivity index (χ1n) is 7.11. The number of rotatable bonds is 3. The molecule has 0 spiro atoms. The van der Waals surface area contributed by atoms with Gasteiger partial charge in [0, 0.05) is 18.3 Å². The molecule has 19 heavy (non-hydrogen) atoms. The summed E-state index contributed by atoms with van der Waals surface area (Å²) in [6.07, 6.45) is 5.28. The maximum atomic E-state index is 10.5. The molecule has 0 unspecified atom stereocenters. The van der Waals surface area contributed by atoms with Crippen molar-refractivity contribution >= 4 is 5.69 Å².